The summed E-state index contributed by atoms with van der Waals surface area (Å²) in [6, 6.07) is 18.3. The first-order chi connectivity index (χ1) is 19.2. The van der Waals surface area contributed by atoms with Gasteiger partial charge in [0.15, 0.2) is 0 Å². The summed E-state index contributed by atoms with van der Waals surface area (Å²) in [7, 11) is -2.09. The number of nitrogens with one attached hydrogen (secondary N) is 1. The minimum Gasteiger partial charge on any atom is -0.457 e. The van der Waals surface area contributed by atoms with Crippen molar-refractivity contribution in [3.63, 3.8) is 0 Å². The highest BCUT2D eigenvalue weighted by Gasteiger charge is 2.33. The van der Waals surface area contributed by atoms with Crippen molar-refractivity contribution in [1.82, 2.24) is 5.32 Å². The van der Waals surface area contributed by atoms with E-state index in [4.69, 9.17) is 14.4 Å². The normalized spacial score (nSPS) is 13.2. The first kappa shape index (κ1) is 27.2. The lowest BCUT2D eigenvalue weighted by molar-refractivity contribution is 0.0964. The molecule has 1 aliphatic rings. The molecule has 0 aliphatic heterocycles. The van der Waals surface area contributed by atoms with Gasteiger partial charge < -0.3 is 14.5 Å². The van der Waals surface area contributed by atoms with E-state index in [9.17, 15) is 17.6 Å². The number of sulfonamides is 1. The lowest BCUT2D eigenvalue weighted by Crippen LogP contribution is -2.31. The van der Waals surface area contributed by atoms with Crippen molar-refractivity contribution < 1.29 is 26.8 Å². The Balaban J connectivity index is 1.59. The highest BCUT2D eigenvalue weighted by molar-refractivity contribution is 7.92. The molecule has 1 N–H and O–H groups in total. The van der Waals surface area contributed by atoms with Crippen LogP contribution < -0.4 is 14.4 Å². The molecule has 1 heterocycles. The number of amides is 1. The van der Waals surface area contributed by atoms with E-state index in [1.54, 1.807) is 37.4 Å². The van der Waals surface area contributed by atoms with E-state index >= 15 is 0 Å². The maximum atomic E-state index is 13.2. The van der Waals surface area contributed by atoms with Gasteiger partial charge in [-0.25, -0.2) is 12.8 Å². The molecule has 0 atom stereocenters. The minimum absolute atomic E-state index is 0.170. The molecule has 0 unspecified atom stereocenters. The van der Waals surface area contributed by atoms with Crippen LogP contribution in [0, 0.1) is 17.1 Å². The number of ether oxygens (including phenoxy) is 1. The van der Waals surface area contributed by atoms with Gasteiger partial charge in [-0.15, -0.1) is 0 Å². The Morgan fingerprint density at radius 1 is 1.12 bits per heavy atom. The van der Waals surface area contributed by atoms with Gasteiger partial charge in [-0.3, -0.25) is 9.10 Å². The van der Waals surface area contributed by atoms with Gasteiger partial charge in [0.05, 0.1) is 23.6 Å². The van der Waals surface area contributed by atoms with Crippen molar-refractivity contribution in [3.05, 3.63) is 77.6 Å². The van der Waals surface area contributed by atoms with Crippen LogP contribution in [0.3, 0.4) is 0 Å². The molecule has 1 fully saturated rings. The lowest BCUT2D eigenvalue weighted by atomic mass is 10.00. The van der Waals surface area contributed by atoms with E-state index < -0.39 is 10.0 Å². The molecule has 3 aromatic carbocycles. The number of rotatable bonds is 10. The number of halogens is 1. The quantitative estimate of drug-likeness (QED) is 0.226. The predicted molar refractivity (Wildman–Crippen MR) is 151 cm³/mol. The van der Waals surface area contributed by atoms with E-state index in [-0.39, 0.29) is 30.6 Å². The third-order valence-electron chi connectivity index (χ3n) is 6.79. The van der Waals surface area contributed by atoms with E-state index in [2.05, 4.69) is 11.4 Å². The molecule has 1 amide bonds. The number of hydrogen-bond donors (Lipinski definition) is 1. The summed E-state index contributed by atoms with van der Waals surface area (Å²) in [6.45, 7) is 0.170. The number of unbranched alkanes of at least 4 members (excludes halogenated alkanes) is 1. The third kappa shape index (κ3) is 5.65. The number of fused-ring (bicyclic) bond motifs is 1. The molecule has 1 saturated carbocycles. The molecular weight excluding hydrogens is 533 g/mol. The molecule has 8 nitrogen and oxygen atoms in total. The van der Waals surface area contributed by atoms with Gasteiger partial charge in [0, 0.05) is 37.0 Å². The van der Waals surface area contributed by atoms with Crippen LogP contribution in [0.15, 0.2) is 65.1 Å². The van der Waals surface area contributed by atoms with Gasteiger partial charge in [0.2, 0.25) is 10.0 Å². The summed E-state index contributed by atoms with van der Waals surface area (Å²) in [5.74, 6) is 0.838. The Bertz CT molecular complexity index is 1700. The first-order valence-corrected chi connectivity index (χ1v) is 14.8. The number of nitriles is 1. The number of carbonyl (C=O) groups excluding carboxylic acids is 1. The molecule has 0 bridgehead atoms. The van der Waals surface area contributed by atoms with Crippen LogP contribution in [-0.2, 0) is 10.0 Å². The maximum absolute atomic E-state index is 13.2. The second kappa shape index (κ2) is 11.0. The van der Waals surface area contributed by atoms with Gasteiger partial charge in [0.1, 0.15) is 28.7 Å². The maximum Gasteiger partial charge on any atom is 0.255 e. The highest BCUT2D eigenvalue weighted by Crippen LogP contribution is 2.48. The summed E-state index contributed by atoms with van der Waals surface area (Å²) in [5, 5.41) is 12.3. The molecule has 1 aromatic heterocycles. The van der Waals surface area contributed by atoms with Crippen LogP contribution in [0.2, 0.25) is 0 Å². The van der Waals surface area contributed by atoms with Crippen LogP contribution >= 0.6 is 0 Å². The Morgan fingerprint density at radius 2 is 1.77 bits per heavy atom. The minimum atomic E-state index is -3.64. The first-order valence-electron chi connectivity index (χ1n) is 12.9. The van der Waals surface area contributed by atoms with Crippen LogP contribution in [-0.4, -0.2) is 34.2 Å². The number of furan rings is 1. The molecule has 0 radical (unpaired) electrons. The zero-order chi connectivity index (χ0) is 28.4. The molecule has 206 valence electrons. The van der Waals surface area contributed by atoms with Crippen molar-refractivity contribution in [2.24, 2.45) is 0 Å². The predicted octanol–water partition coefficient (Wildman–Crippen LogP) is 6.34. The van der Waals surface area contributed by atoms with Crippen molar-refractivity contribution in [2.45, 2.75) is 31.6 Å². The van der Waals surface area contributed by atoms with Crippen molar-refractivity contribution in [1.29, 1.82) is 5.26 Å². The number of hydrogen-bond acceptors (Lipinski definition) is 6. The molecular formula is C30H28FN3O5S. The van der Waals surface area contributed by atoms with Crippen molar-refractivity contribution in [3.8, 4) is 28.9 Å². The third-order valence-corrected chi connectivity index (χ3v) is 7.97. The Hall–Kier alpha value is -4.36. The molecule has 10 heteroatoms. The van der Waals surface area contributed by atoms with E-state index in [0.29, 0.717) is 51.5 Å². The van der Waals surface area contributed by atoms with E-state index in [1.807, 2.05) is 6.07 Å². The fourth-order valence-electron chi connectivity index (χ4n) is 4.72. The fraction of sp³-hybridized carbons (Fsp3) is 0.267. The Morgan fingerprint density at radius 3 is 2.35 bits per heavy atom. The average molecular weight is 562 g/mol. The summed E-state index contributed by atoms with van der Waals surface area (Å²) in [6.07, 6.45) is 3.62. The van der Waals surface area contributed by atoms with Crippen LogP contribution in [0.5, 0.6) is 11.5 Å². The molecule has 0 spiro atoms. The SMILES string of the molecule is CNC(=O)c1c(-c2ccc(Oc3ccc(F)cc3)cc2)oc2cc(N(CCCC#N)S(C)(=O)=O)c(C3CC3)cc12. The molecule has 1 aliphatic carbocycles. The molecule has 0 saturated heterocycles. The van der Waals surface area contributed by atoms with Crippen LogP contribution in [0.25, 0.3) is 22.3 Å². The van der Waals surface area contributed by atoms with Gasteiger partial charge >= 0.3 is 0 Å². The van der Waals surface area contributed by atoms with Crippen molar-refractivity contribution >= 4 is 32.6 Å². The largest absolute Gasteiger partial charge is 0.457 e. The smallest absolute Gasteiger partial charge is 0.255 e. The Kier molecular flexibility index (Phi) is 7.50. The molecule has 4 aromatic rings. The zero-order valence-electron chi connectivity index (χ0n) is 22.1. The second-order valence-electron chi connectivity index (χ2n) is 9.74. The van der Waals surface area contributed by atoms with Crippen molar-refractivity contribution in [2.75, 3.05) is 24.2 Å². The molecule has 5 rings (SSSR count). The Labute approximate surface area is 232 Å². The molecule has 40 heavy (non-hydrogen) atoms. The average Bonchev–Trinajstić information content (AvgIpc) is 3.71. The van der Waals surface area contributed by atoms with Gasteiger partial charge in [-0.05, 0) is 85.3 Å². The zero-order valence-corrected chi connectivity index (χ0v) is 22.9. The van der Waals surface area contributed by atoms with E-state index in [1.165, 1.54) is 28.6 Å². The standard InChI is InChI=1S/C30H28FN3O5S/c1-33-30(35)28-25-17-24(19-5-6-19)26(34(40(2,36)37)16-4-3-15-32)18-27(25)39-29(28)20-7-11-22(12-8-20)38-23-13-9-21(31)10-14-23/h7-14,17-19H,3-6,16H2,1-2H3,(H,33,35). The topological polar surface area (TPSA) is 113 Å². The van der Waals surface area contributed by atoms with E-state index in [0.717, 1.165) is 24.7 Å². The highest BCUT2D eigenvalue weighted by atomic mass is 32.2. The number of nitrogens with zero attached hydrogens (tertiary/aromatic N) is 2. The van der Waals surface area contributed by atoms with Crippen LogP contribution in [0.1, 0.15) is 47.5 Å². The number of benzene rings is 3. The summed E-state index contributed by atoms with van der Waals surface area (Å²) >= 11 is 0. The van der Waals surface area contributed by atoms with Gasteiger partial charge in [0.25, 0.3) is 5.91 Å². The summed E-state index contributed by atoms with van der Waals surface area (Å²) in [5.41, 5.74) is 2.73. The van der Waals surface area contributed by atoms with Crippen LogP contribution in [0.4, 0.5) is 10.1 Å². The number of carbonyl (C=O) groups is 1. The lowest BCUT2D eigenvalue weighted by Gasteiger charge is -2.25. The summed E-state index contributed by atoms with van der Waals surface area (Å²) < 4.78 is 52.2. The monoisotopic (exact) mass is 561 g/mol. The number of anilines is 1. The van der Waals surface area contributed by atoms with Gasteiger partial charge in [-0.2, -0.15) is 5.26 Å². The van der Waals surface area contributed by atoms with Gasteiger partial charge in [-0.1, -0.05) is 0 Å². The summed E-state index contributed by atoms with van der Waals surface area (Å²) in [4.78, 5) is 13.1. The second-order valence-corrected chi connectivity index (χ2v) is 11.7. The fourth-order valence-corrected chi connectivity index (χ4v) is 5.70.